The van der Waals surface area contributed by atoms with Gasteiger partial charge in [-0.3, -0.25) is 20.4 Å². The van der Waals surface area contributed by atoms with Gasteiger partial charge in [-0.05, 0) is 23.8 Å². The summed E-state index contributed by atoms with van der Waals surface area (Å²) in [6.45, 7) is -0.369. The predicted octanol–water partition coefficient (Wildman–Crippen LogP) is 2.54. The first-order chi connectivity index (χ1) is 13.0. The number of hydrogen-bond acceptors (Lipinski definition) is 6. The number of aromatic hydroxyl groups is 1. The molecule has 3 rings (SSSR count). The molecule has 0 saturated heterocycles. The zero-order valence-corrected chi connectivity index (χ0v) is 15.0. The Morgan fingerprint density at radius 2 is 1.74 bits per heavy atom. The Kier molecular flexibility index (Phi) is 5.58. The second-order valence-corrected chi connectivity index (χ2v) is 6.60. The average Bonchev–Trinajstić information content (AvgIpc) is 3.08. The van der Waals surface area contributed by atoms with Gasteiger partial charge in [-0.25, -0.2) is 0 Å². The van der Waals surface area contributed by atoms with Gasteiger partial charge in [0, 0.05) is 4.88 Å². The third-order valence-corrected chi connectivity index (χ3v) is 4.62. The zero-order valence-electron chi connectivity index (χ0n) is 14.1. The number of nitrogens with two attached hydrogens (primary N) is 1. The Hall–Kier alpha value is -3.52. The van der Waals surface area contributed by atoms with Crippen molar-refractivity contribution in [1.82, 2.24) is 10.9 Å². The molecule has 1 heterocycles. The topological polar surface area (TPSA) is 114 Å². The van der Waals surface area contributed by atoms with Crippen LogP contribution in [0.5, 0.6) is 11.5 Å². The average molecular weight is 383 g/mol. The monoisotopic (exact) mass is 383 g/mol. The number of ether oxygens (including phenoxy) is 1. The molecule has 5 N–H and O–H groups in total. The molecule has 27 heavy (non-hydrogen) atoms. The van der Waals surface area contributed by atoms with Gasteiger partial charge < -0.3 is 15.6 Å². The number of hydrazine groups is 1. The maximum absolute atomic E-state index is 12.3. The van der Waals surface area contributed by atoms with Crippen molar-refractivity contribution in [1.29, 1.82) is 0 Å². The minimum atomic E-state index is -0.580. The zero-order chi connectivity index (χ0) is 19.2. The summed E-state index contributed by atoms with van der Waals surface area (Å²) in [5.41, 5.74) is 11.7. The van der Waals surface area contributed by atoms with E-state index in [1.165, 1.54) is 23.5 Å². The third-order valence-electron chi connectivity index (χ3n) is 3.60. The van der Waals surface area contributed by atoms with E-state index in [-0.39, 0.29) is 23.7 Å². The molecule has 0 aliphatic carbocycles. The molecule has 0 fully saturated rings. The number of carbonyl (C=O) groups excluding carboxylic acids is 2. The van der Waals surface area contributed by atoms with Crippen LogP contribution in [0, 0.1) is 0 Å². The fourth-order valence-electron chi connectivity index (χ4n) is 2.28. The summed E-state index contributed by atoms with van der Waals surface area (Å²) < 4.78 is 5.19. The molecule has 0 aliphatic heterocycles. The van der Waals surface area contributed by atoms with E-state index in [4.69, 9.17) is 10.5 Å². The van der Waals surface area contributed by atoms with Gasteiger partial charge in [0.15, 0.2) is 18.1 Å². The van der Waals surface area contributed by atoms with Gasteiger partial charge in [0.25, 0.3) is 11.8 Å². The molecule has 0 aliphatic rings. The number of thiophene rings is 1. The van der Waals surface area contributed by atoms with Crippen LogP contribution >= 0.6 is 11.3 Å². The van der Waals surface area contributed by atoms with E-state index >= 15 is 0 Å². The number of anilines is 1. The lowest BCUT2D eigenvalue weighted by molar-refractivity contribution is -0.123. The molecule has 3 aromatic rings. The Labute approximate surface area is 159 Å². The number of phenolic OH excluding ortho intramolecular Hbond substituents is 1. The summed E-state index contributed by atoms with van der Waals surface area (Å²) >= 11 is 1.29. The van der Waals surface area contributed by atoms with Crippen LogP contribution in [-0.4, -0.2) is 23.5 Å². The van der Waals surface area contributed by atoms with Crippen LogP contribution in [0.1, 0.15) is 10.4 Å². The highest BCUT2D eigenvalue weighted by Crippen LogP contribution is 2.33. The van der Waals surface area contributed by atoms with Crippen LogP contribution in [0.2, 0.25) is 0 Å². The number of benzene rings is 2. The van der Waals surface area contributed by atoms with Gasteiger partial charge in [0.1, 0.15) is 0 Å². The summed E-state index contributed by atoms with van der Waals surface area (Å²) in [4.78, 5) is 24.9. The molecule has 8 heteroatoms. The van der Waals surface area contributed by atoms with Gasteiger partial charge in [0.05, 0.1) is 10.6 Å². The number of para-hydroxylation sites is 2. The summed E-state index contributed by atoms with van der Waals surface area (Å²) in [5.74, 6) is -1.01. The van der Waals surface area contributed by atoms with Crippen molar-refractivity contribution in [2.45, 2.75) is 0 Å². The van der Waals surface area contributed by atoms with E-state index in [0.29, 0.717) is 5.00 Å². The standard InChI is InChI=1S/C19H17N3O4S/c20-18-13(10-16(27-18)12-6-2-1-3-7-12)19(25)22-21-17(24)11-26-15-9-5-4-8-14(15)23/h1-10,23H,11,20H2,(H,21,24)(H,22,25). The minimum absolute atomic E-state index is 0.0752. The molecule has 0 saturated carbocycles. The van der Waals surface area contributed by atoms with Gasteiger partial charge in [-0.2, -0.15) is 0 Å². The first kappa shape index (κ1) is 18.3. The molecule has 138 valence electrons. The van der Waals surface area contributed by atoms with E-state index in [1.807, 2.05) is 30.3 Å². The summed E-state index contributed by atoms with van der Waals surface area (Å²) in [6.07, 6.45) is 0. The molecule has 0 spiro atoms. The van der Waals surface area contributed by atoms with Crippen LogP contribution in [0.4, 0.5) is 5.00 Å². The van der Waals surface area contributed by atoms with Crippen molar-refractivity contribution in [3.05, 3.63) is 66.2 Å². The molecule has 0 unspecified atom stereocenters. The third kappa shape index (κ3) is 4.56. The number of carbonyl (C=O) groups is 2. The molecule has 7 nitrogen and oxygen atoms in total. The first-order valence-electron chi connectivity index (χ1n) is 7.99. The Bertz CT molecular complexity index is 957. The normalized spacial score (nSPS) is 10.2. The molecule has 0 bridgehead atoms. The van der Waals surface area contributed by atoms with Crippen molar-refractivity contribution in [2.24, 2.45) is 0 Å². The van der Waals surface area contributed by atoms with Crippen LogP contribution in [-0.2, 0) is 4.79 Å². The van der Waals surface area contributed by atoms with Gasteiger partial charge >= 0.3 is 0 Å². The summed E-state index contributed by atoms with van der Waals surface area (Å²) in [5, 5.41) is 9.93. The number of hydrogen-bond donors (Lipinski definition) is 4. The van der Waals surface area contributed by atoms with Gasteiger partial charge in [-0.1, -0.05) is 42.5 Å². The van der Waals surface area contributed by atoms with Crippen LogP contribution in [0.15, 0.2) is 60.7 Å². The van der Waals surface area contributed by atoms with Gasteiger partial charge in [-0.15, -0.1) is 11.3 Å². The highest BCUT2D eigenvalue weighted by molar-refractivity contribution is 7.19. The minimum Gasteiger partial charge on any atom is -0.504 e. The van der Waals surface area contributed by atoms with Crippen LogP contribution in [0.3, 0.4) is 0 Å². The lowest BCUT2D eigenvalue weighted by Crippen LogP contribution is -2.43. The van der Waals surface area contributed by atoms with Crippen molar-refractivity contribution < 1.29 is 19.4 Å². The summed E-state index contributed by atoms with van der Waals surface area (Å²) in [7, 11) is 0. The molecular formula is C19H17N3O4S. The second kappa shape index (κ2) is 8.24. The predicted molar refractivity (Wildman–Crippen MR) is 103 cm³/mol. The van der Waals surface area contributed by atoms with Crippen molar-refractivity contribution in [3.8, 4) is 21.9 Å². The number of nitrogens with one attached hydrogen (secondary N) is 2. The first-order valence-corrected chi connectivity index (χ1v) is 8.81. The molecular weight excluding hydrogens is 366 g/mol. The number of amides is 2. The summed E-state index contributed by atoms with van der Waals surface area (Å²) in [6, 6.07) is 17.5. The Balaban J connectivity index is 1.55. The second-order valence-electron chi connectivity index (χ2n) is 5.51. The lowest BCUT2D eigenvalue weighted by Gasteiger charge is -2.09. The molecule has 2 amide bonds. The van der Waals surface area contributed by atoms with E-state index in [2.05, 4.69) is 10.9 Å². The number of rotatable bonds is 5. The van der Waals surface area contributed by atoms with Crippen molar-refractivity contribution >= 4 is 28.2 Å². The molecule has 0 radical (unpaired) electrons. The lowest BCUT2D eigenvalue weighted by atomic mass is 10.1. The number of phenols is 1. The van der Waals surface area contributed by atoms with Crippen molar-refractivity contribution in [2.75, 3.05) is 12.3 Å². The number of nitrogen functional groups attached to an aromatic ring is 1. The van der Waals surface area contributed by atoms with E-state index in [0.717, 1.165) is 10.4 Å². The maximum Gasteiger partial charge on any atom is 0.276 e. The molecule has 0 atom stereocenters. The fourth-order valence-corrected chi connectivity index (χ4v) is 3.21. The van der Waals surface area contributed by atoms with E-state index in [1.54, 1.807) is 18.2 Å². The smallest absolute Gasteiger partial charge is 0.276 e. The fraction of sp³-hybridized carbons (Fsp3) is 0.0526. The van der Waals surface area contributed by atoms with E-state index < -0.39 is 11.8 Å². The van der Waals surface area contributed by atoms with Crippen molar-refractivity contribution in [3.63, 3.8) is 0 Å². The highest BCUT2D eigenvalue weighted by Gasteiger charge is 2.16. The Morgan fingerprint density at radius 3 is 2.48 bits per heavy atom. The SMILES string of the molecule is Nc1sc(-c2ccccc2)cc1C(=O)NNC(=O)COc1ccccc1O. The highest BCUT2D eigenvalue weighted by atomic mass is 32.1. The molecule has 2 aromatic carbocycles. The quantitative estimate of drug-likeness (QED) is 0.506. The van der Waals surface area contributed by atoms with Gasteiger partial charge in [0.2, 0.25) is 0 Å². The van der Waals surface area contributed by atoms with Crippen LogP contribution < -0.4 is 21.3 Å². The largest absolute Gasteiger partial charge is 0.504 e. The Morgan fingerprint density at radius 1 is 1.04 bits per heavy atom. The molecule has 1 aromatic heterocycles. The van der Waals surface area contributed by atoms with E-state index in [9.17, 15) is 14.7 Å². The maximum atomic E-state index is 12.3. The van der Waals surface area contributed by atoms with Crippen LogP contribution in [0.25, 0.3) is 10.4 Å².